The number of hydrogen-bond acceptors (Lipinski definition) is 7. The molecule has 0 amide bonds. The van der Waals surface area contributed by atoms with Gasteiger partial charge >= 0.3 is 11.7 Å². The van der Waals surface area contributed by atoms with Crippen molar-refractivity contribution < 1.29 is 24.5 Å². The van der Waals surface area contributed by atoms with Crippen LogP contribution in [0, 0.1) is 12.8 Å². The molecule has 9 nitrogen and oxygen atoms in total. The summed E-state index contributed by atoms with van der Waals surface area (Å²) in [5.74, 6) is -0.858. The van der Waals surface area contributed by atoms with Gasteiger partial charge in [0.2, 0.25) is 0 Å². The van der Waals surface area contributed by atoms with Crippen LogP contribution in [0.4, 0.5) is 0 Å². The van der Waals surface area contributed by atoms with E-state index in [4.69, 9.17) is 9.47 Å². The minimum Gasteiger partial charge on any atom is -0.463 e. The summed E-state index contributed by atoms with van der Waals surface area (Å²) >= 11 is 0. The van der Waals surface area contributed by atoms with Crippen LogP contribution in [0.3, 0.4) is 0 Å². The first-order valence-electron chi connectivity index (χ1n) is 8.93. The lowest BCUT2D eigenvalue weighted by molar-refractivity contribution is -0.153. The molecule has 1 fully saturated rings. The molecule has 0 saturated carbocycles. The second-order valence-electron chi connectivity index (χ2n) is 7.41. The molecular weight excluding hydrogens is 368 g/mol. The van der Waals surface area contributed by atoms with E-state index in [9.17, 15) is 24.6 Å². The molecule has 0 aromatic carbocycles. The Labute approximate surface area is 161 Å². The monoisotopic (exact) mass is 394 g/mol. The molecule has 2 heterocycles. The molecule has 1 aromatic rings. The lowest BCUT2D eigenvalue weighted by Crippen LogP contribution is -2.48. The molecule has 3 N–H and O–H groups in total. The maximum absolute atomic E-state index is 12.3. The molecule has 0 unspecified atom stereocenters. The zero-order chi connectivity index (χ0) is 21.2. The Balaban J connectivity index is 2.48. The van der Waals surface area contributed by atoms with E-state index < -0.39 is 41.3 Å². The third-order valence-corrected chi connectivity index (χ3v) is 4.38. The molecule has 9 heteroatoms. The number of H-pyrrole nitrogens is 1. The fourth-order valence-electron chi connectivity index (χ4n) is 2.72. The first-order chi connectivity index (χ1) is 13.0. The quantitative estimate of drug-likeness (QED) is 0.479. The predicted molar refractivity (Wildman–Crippen MR) is 99.7 cm³/mol. The first-order valence-corrected chi connectivity index (χ1v) is 8.93. The van der Waals surface area contributed by atoms with Crippen molar-refractivity contribution >= 4 is 5.97 Å². The lowest BCUT2D eigenvalue weighted by Gasteiger charge is -2.28. The number of nitrogens with one attached hydrogen (secondary N) is 1. The van der Waals surface area contributed by atoms with Crippen molar-refractivity contribution in [1.29, 1.82) is 0 Å². The van der Waals surface area contributed by atoms with Crippen LogP contribution in [0.1, 0.15) is 39.5 Å². The highest BCUT2D eigenvalue weighted by Gasteiger charge is 2.55. The molecule has 1 aromatic heterocycles. The van der Waals surface area contributed by atoms with Gasteiger partial charge in [-0.25, -0.2) is 4.79 Å². The molecule has 154 valence electrons. The summed E-state index contributed by atoms with van der Waals surface area (Å²) in [6, 6.07) is 0. The van der Waals surface area contributed by atoms with Crippen molar-refractivity contribution in [1.82, 2.24) is 9.55 Å². The molecule has 1 aliphatic heterocycles. The molecule has 28 heavy (non-hydrogen) atoms. The van der Waals surface area contributed by atoms with E-state index >= 15 is 0 Å². The number of esters is 1. The predicted octanol–water partition coefficient (Wildman–Crippen LogP) is 0.155. The Morgan fingerprint density at radius 2 is 2.11 bits per heavy atom. The number of rotatable bonds is 5. The van der Waals surface area contributed by atoms with Crippen LogP contribution in [0.2, 0.25) is 0 Å². The maximum Gasteiger partial charge on any atom is 0.330 e. The van der Waals surface area contributed by atoms with Crippen LogP contribution in [0.25, 0.3) is 0 Å². The van der Waals surface area contributed by atoms with Gasteiger partial charge in [0.1, 0.15) is 18.8 Å². The highest BCUT2D eigenvalue weighted by Crippen LogP contribution is 2.39. The molecule has 1 aliphatic rings. The standard InChI is InChI=1S/C19H26N2O7/c1-10(2)6-7-19(26)14(22)13(9-27-16(24)11(3)4)28-17(19)21-8-12(5)15(23)20-18(21)25/h7-8,11,13-14,17,22,26H,9H2,1-5H3,(H,20,23,25)/t13-,14-,17-,19-/m1/s1. The number of aromatic nitrogens is 2. The number of hydrogen-bond donors (Lipinski definition) is 3. The number of aliphatic hydroxyl groups is 2. The van der Waals surface area contributed by atoms with Crippen LogP contribution in [-0.2, 0) is 14.3 Å². The van der Waals surface area contributed by atoms with Crippen molar-refractivity contribution in [2.24, 2.45) is 5.92 Å². The van der Waals surface area contributed by atoms with E-state index in [1.807, 2.05) is 0 Å². The Morgan fingerprint density at radius 3 is 2.68 bits per heavy atom. The van der Waals surface area contributed by atoms with E-state index in [1.165, 1.54) is 19.2 Å². The van der Waals surface area contributed by atoms with Crippen LogP contribution in [0.5, 0.6) is 0 Å². The molecule has 4 atom stereocenters. The number of ether oxygens (including phenoxy) is 2. The van der Waals surface area contributed by atoms with Crippen LogP contribution < -0.4 is 11.2 Å². The fraction of sp³-hybridized carbons (Fsp3) is 0.579. The first kappa shape index (κ1) is 21.8. The summed E-state index contributed by atoms with van der Waals surface area (Å²) in [4.78, 5) is 37.8. The maximum atomic E-state index is 12.3. The third-order valence-electron chi connectivity index (χ3n) is 4.38. The molecule has 2 rings (SSSR count). The highest BCUT2D eigenvalue weighted by molar-refractivity contribution is 5.71. The number of aryl methyl sites for hydroxylation is 1. The largest absolute Gasteiger partial charge is 0.463 e. The van der Waals surface area contributed by atoms with Gasteiger partial charge in [-0.3, -0.25) is 19.1 Å². The summed E-state index contributed by atoms with van der Waals surface area (Å²) in [6.45, 7) is 8.00. The minimum absolute atomic E-state index is 0.223. The van der Waals surface area contributed by atoms with Crippen molar-refractivity contribution in [3.63, 3.8) is 0 Å². The third kappa shape index (κ3) is 4.34. The summed E-state index contributed by atoms with van der Waals surface area (Å²) in [7, 11) is 0. The Hall–Kier alpha value is -2.45. The van der Waals surface area contributed by atoms with Gasteiger partial charge in [0.15, 0.2) is 11.8 Å². The van der Waals surface area contributed by atoms with Gasteiger partial charge in [-0.15, -0.1) is 5.73 Å². The van der Waals surface area contributed by atoms with Gasteiger partial charge in [0.25, 0.3) is 5.56 Å². The van der Waals surface area contributed by atoms with E-state index in [-0.39, 0.29) is 18.1 Å². The zero-order valence-electron chi connectivity index (χ0n) is 16.6. The summed E-state index contributed by atoms with van der Waals surface area (Å²) in [5.41, 5.74) is 0.344. The van der Waals surface area contributed by atoms with Crippen molar-refractivity contribution in [3.05, 3.63) is 50.0 Å². The summed E-state index contributed by atoms with van der Waals surface area (Å²) in [6.07, 6.45) is -1.51. The van der Waals surface area contributed by atoms with Gasteiger partial charge in [-0.05, 0) is 32.4 Å². The molecule has 1 saturated heterocycles. The van der Waals surface area contributed by atoms with Crippen LogP contribution in [0.15, 0.2) is 33.2 Å². The summed E-state index contributed by atoms with van der Waals surface area (Å²) in [5, 5.41) is 21.8. The number of nitrogens with zero attached hydrogens (tertiary/aromatic N) is 1. The van der Waals surface area contributed by atoms with Gasteiger partial charge in [-0.2, -0.15) is 0 Å². The second-order valence-corrected chi connectivity index (χ2v) is 7.41. The second kappa shape index (κ2) is 8.28. The normalized spacial score (nSPS) is 26.8. The average Bonchev–Trinajstić information content (AvgIpc) is 2.86. The number of aromatic amines is 1. The smallest absolute Gasteiger partial charge is 0.330 e. The minimum atomic E-state index is -2.04. The zero-order valence-corrected chi connectivity index (χ0v) is 16.6. The number of aliphatic hydroxyl groups excluding tert-OH is 1. The fourth-order valence-corrected chi connectivity index (χ4v) is 2.72. The molecular formula is C19H26N2O7. The molecule has 0 spiro atoms. The molecule has 0 radical (unpaired) electrons. The molecule has 0 bridgehead atoms. The van der Waals surface area contributed by atoms with Crippen LogP contribution in [-0.4, -0.2) is 50.1 Å². The van der Waals surface area contributed by atoms with Crippen LogP contribution >= 0.6 is 0 Å². The van der Waals surface area contributed by atoms with Crippen molar-refractivity contribution in [3.8, 4) is 0 Å². The van der Waals surface area contributed by atoms with Gasteiger partial charge in [0.05, 0.1) is 5.92 Å². The van der Waals surface area contributed by atoms with E-state index in [2.05, 4.69) is 10.7 Å². The Morgan fingerprint density at radius 1 is 1.46 bits per heavy atom. The van der Waals surface area contributed by atoms with Gasteiger partial charge in [-0.1, -0.05) is 13.8 Å². The highest BCUT2D eigenvalue weighted by atomic mass is 16.6. The van der Waals surface area contributed by atoms with E-state index in [0.717, 1.165) is 10.1 Å². The Kier molecular flexibility index (Phi) is 6.46. The summed E-state index contributed by atoms with van der Waals surface area (Å²) < 4.78 is 11.8. The van der Waals surface area contributed by atoms with E-state index in [0.29, 0.717) is 0 Å². The number of carbonyl (C=O) groups is 1. The van der Waals surface area contributed by atoms with Gasteiger partial charge in [0, 0.05) is 11.8 Å². The average molecular weight is 394 g/mol. The van der Waals surface area contributed by atoms with Gasteiger partial charge < -0.3 is 19.7 Å². The Bertz CT molecular complexity index is 919. The van der Waals surface area contributed by atoms with Crippen molar-refractivity contribution in [2.75, 3.05) is 6.61 Å². The van der Waals surface area contributed by atoms with E-state index in [1.54, 1.807) is 27.7 Å². The molecule has 0 aliphatic carbocycles. The number of carbonyl (C=O) groups excluding carboxylic acids is 1. The lowest BCUT2D eigenvalue weighted by atomic mass is 9.93. The van der Waals surface area contributed by atoms with Crippen molar-refractivity contribution in [2.45, 2.75) is 58.7 Å². The topological polar surface area (TPSA) is 131 Å². The SMILES string of the molecule is CC(C)=C=C[C@@]1(O)[C@H](O)[C@@H](COC(=O)C(C)C)O[C@H]1n1cc(C)c(=O)[nH]c1=O.